The van der Waals surface area contributed by atoms with E-state index in [0.717, 1.165) is 24.4 Å². The van der Waals surface area contributed by atoms with E-state index < -0.39 is 0 Å². The monoisotopic (exact) mass is 249 g/mol. The molecule has 92 valence electrons. The summed E-state index contributed by atoms with van der Waals surface area (Å²) in [5.41, 5.74) is 8.28. The van der Waals surface area contributed by atoms with Crippen LogP contribution >= 0.6 is 11.8 Å². The maximum absolute atomic E-state index is 5.89. The normalized spacial score (nSPS) is 13.1. The molecule has 0 saturated heterocycles. The lowest BCUT2D eigenvalue weighted by atomic mass is 10.1. The first-order chi connectivity index (χ1) is 8.22. The quantitative estimate of drug-likeness (QED) is 0.884. The number of aromatic nitrogens is 2. The molecule has 0 bridgehead atoms. The number of rotatable bonds is 5. The summed E-state index contributed by atoms with van der Waals surface area (Å²) >= 11 is 1.85. The van der Waals surface area contributed by atoms with Crippen molar-refractivity contribution in [2.24, 2.45) is 5.73 Å². The van der Waals surface area contributed by atoms with Crippen molar-refractivity contribution in [1.82, 2.24) is 9.55 Å². The average molecular weight is 249 g/mol. The second-order valence-corrected chi connectivity index (χ2v) is 5.38. The summed E-state index contributed by atoms with van der Waals surface area (Å²) in [6, 6.07) is 4.32. The third-order valence-corrected chi connectivity index (χ3v) is 3.39. The Bertz CT molecular complexity index is 490. The van der Waals surface area contributed by atoms with Gasteiger partial charge in [-0.3, -0.25) is 0 Å². The van der Waals surface area contributed by atoms with E-state index in [-0.39, 0.29) is 6.04 Å². The zero-order chi connectivity index (χ0) is 12.3. The van der Waals surface area contributed by atoms with Crippen LogP contribution in [0.1, 0.15) is 12.5 Å². The minimum atomic E-state index is 0.190. The van der Waals surface area contributed by atoms with Crippen LogP contribution < -0.4 is 5.73 Å². The molecule has 1 unspecified atom stereocenters. The highest BCUT2D eigenvalue weighted by atomic mass is 32.2. The van der Waals surface area contributed by atoms with Crippen LogP contribution in [0.15, 0.2) is 24.5 Å². The van der Waals surface area contributed by atoms with Crippen LogP contribution in [0.25, 0.3) is 11.0 Å². The van der Waals surface area contributed by atoms with E-state index in [0.29, 0.717) is 0 Å². The molecule has 0 aliphatic heterocycles. The first kappa shape index (κ1) is 12.5. The minimum Gasteiger partial charge on any atom is -0.331 e. The van der Waals surface area contributed by atoms with E-state index in [2.05, 4.69) is 28.1 Å². The molecule has 0 spiro atoms. The van der Waals surface area contributed by atoms with E-state index in [1.165, 1.54) is 10.9 Å². The van der Waals surface area contributed by atoms with Gasteiger partial charge in [0.1, 0.15) is 5.65 Å². The summed E-state index contributed by atoms with van der Waals surface area (Å²) in [6.07, 6.45) is 7.10. The van der Waals surface area contributed by atoms with Crippen LogP contribution in [0, 0.1) is 0 Å². The van der Waals surface area contributed by atoms with Gasteiger partial charge in [-0.15, -0.1) is 0 Å². The summed E-state index contributed by atoms with van der Waals surface area (Å²) < 4.78 is 2.24. The Hall–Kier alpha value is -1.00. The largest absolute Gasteiger partial charge is 0.331 e. The van der Waals surface area contributed by atoms with Gasteiger partial charge in [0.15, 0.2) is 0 Å². The van der Waals surface area contributed by atoms with Gasteiger partial charge in [-0.2, -0.15) is 11.8 Å². The van der Waals surface area contributed by atoms with Crippen LogP contribution in [-0.2, 0) is 13.0 Å². The molecule has 4 heteroatoms. The Morgan fingerprint density at radius 3 is 3.06 bits per heavy atom. The second kappa shape index (κ2) is 5.56. The summed E-state index contributed by atoms with van der Waals surface area (Å²) in [5.74, 6) is 1.11. The fourth-order valence-electron chi connectivity index (χ4n) is 2.06. The third-order valence-electron chi connectivity index (χ3n) is 2.79. The van der Waals surface area contributed by atoms with Crippen LogP contribution in [0.4, 0.5) is 0 Å². The Balaban J connectivity index is 2.39. The van der Waals surface area contributed by atoms with E-state index in [9.17, 15) is 0 Å². The van der Waals surface area contributed by atoms with Crippen molar-refractivity contribution in [2.45, 2.75) is 25.9 Å². The molecule has 2 heterocycles. The topological polar surface area (TPSA) is 43.8 Å². The molecule has 0 saturated carbocycles. The molecular formula is C13H19N3S. The second-order valence-electron chi connectivity index (χ2n) is 4.40. The van der Waals surface area contributed by atoms with Crippen LogP contribution in [-0.4, -0.2) is 27.6 Å². The molecule has 0 fully saturated rings. The summed E-state index contributed by atoms with van der Waals surface area (Å²) in [6.45, 7) is 3.05. The highest BCUT2D eigenvalue weighted by molar-refractivity contribution is 7.98. The van der Waals surface area contributed by atoms with Crippen molar-refractivity contribution in [3.8, 4) is 0 Å². The lowest BCUT2D eigenvalue weighted by molar-refractivity contribution is 0.731. The summed E-state index contributed by atoms with van der Waals surface area (Å²) in [7, 11) is 0. The number of aryl methyl sites for hydroxylation is 1. The predicted octanol–water partition coefficient (Wildman–Crippen LogP) is 2.29. The molecule has 3 nitrogen and oxygen atoms in total. The SMILES string of the molecule is CSCCn1cc(CC(C)N)c2cccnc21. The van der Waals surface area contributed by atoms with Crippen LogP contribution in [0.5, 0.6) is 0 Å². The van der Waals surface area contributed by atoms with Gasteiger partial charge in [0.25, 0.3) is 0 Å². The van der Waals surface area contributed by atoms with Crippen molar-refractivity contribution >= 4 is 22.8 Å². The van der Waals surface area contributed by atoms with Gasteiger partial charge in [0.05, 0.1) is 0 Å². The van der Waals surface area contributed by atoms with Gasteiger partial charge in [-0.05, 0) is 37.3 Å². The number of hydrogen-bond donors (Lipinski definition) is 1. The molecule has 2 aromatic heterocycles. The Labute approximate surface area is 106 Å². The fourth-order valence-corrected chi connectivity index (χ4v) is 2.44. The van der Waals surface area contributed by atoms with E-state index in [1.807, 2.05) is 30.9 Å². The highest BCUT2D eigenvalue weighted by Gasteiger charge is 2.10. The highest BCUT2D eigenvalue weighted by Crippen LogP contribution is 2.20. The molecule has 0 aliphatic carbocycles. The molecule has 17 heavy (non-hydrogen) atoms. The Morgan fingerprint density at radius 2 is 2.35 bits per heavy atom. The number of hydrogen-bond acceptors (Lipinski definition) is 3. The van der Waals surface area contributed by atoms with Crippen LogP contribution in [0.2, 0.25) is 0 Å². The molecule has 2 rings (SSSR count). The molecular weight excluding hydrogens is 230 g/mol. The van der Waals surface area contributed by atoms with Gasteiger partial charge in [-0.25, -0.2) is 4.98 Å². The Kier molecular flexibility index (Phi) is 4.07. The van der Waals surface area contributed by atoms with E-state index in [4.69, 9.17) is 5.73 Å². The third kappa shape index (κ3) is 2.82. The number of pyridine rings is 1. The summed E-state index contributed by atoms with van der Waals surface area (Å²) in [5, 5.41) is 1.24. The minimum absolute atomic E-state index is 0.190. The molecule has 1 atom stereocenters. The molecule has 2 aromatic rings. The predicted molar refractivity (Wildman–Crippen MR) is 75.5 cm³/mol. The molecule has 0 radical (unpaired) electrons. The zero-order valence-corrected chi connectivity index (χ0v) is 11.2. The van der Waals surface area contributed by atoms with E-state index >= 15 is 0 Å². The maximum atomic E-state index is 5.89. The molecule has 0 aromatic carbocycles. The van der Waals surface area contributed by atoms with Crippen molar-refractivity contribution in [1.29, 1.82) is 0 Å². The Morgan fingerprint density at radius 1 is 1.53 bits per heavy atom. The molecule has 0 amide bonds. The van der Waals surface area contributed by atoms with Crippen LogP contribution in [0.3, 0.4) is 0 Å². The van der Waals surface area contributed by atoms with E-state index in [1.54, 1.807) is 0 Å². The summed E-state index contributed by atoms with van der Waals surface area (Å²) in [4.78, 5) is 4.47. The zero-order valence-electron chi connectivity index (χ0n) is 10.4. The lowest BCUT2D eigenvalue weighted by Gasteiger charge is -2.02. The number of nitrogens with two attached hydrogens (primary N) is 1. The molecule has 0 aliphatic rings. The van der Waals surface area contributed by atoms with Crippen molar-refractivity contribution in [3.63, 3.8) is 0 Å². The first-order valence-electron chi connectivity index (χ1n) is 5.89. The number of nitrogens with zero attached hydrogens (tertiary/aromatic N) is 2. The molecule has 2 N–H and O–H groups in total. The van der Waals surface area contributed by atoms with Gasteiger partial charge >= 0.3 is 0 Å². The van der Waals surface area contributed by atoms with Crippen molar-refractivity contribution in [3.05, 3.63) is 30.1 Å². The van der Waals surface area contributed by atoms with Gasteiger partial charge in [-0.1, -0.05) is 0 Å². The van der Waals surface area contributed by atoms with Gasteiger partial charge in [0.2, 0.25) is 0 Å². The van der Waals surface area contributed by atoms with Gasteiger partial charge in [0, 0.05) is 36.1 Å². The number of thioether (sulfide) groups is 1. The number of fused-ring (bicyclic) bond motifs is 1. The smallest absolute Gasteiger partial charge is 0.140 e. The maximum Gasteiger partial charge on any atom is 0.140 e. The fraction of sp³-hybridized carbons (Fsp3) is 0.462. The van der Waals surface area contributed by atoms with Crippen molar-refractivity contribution < 1.29 is 0 Å². The lowest BCUT2D eigenvalue weighted by Crippen LogP contribution is -2.17. The van der Waals surface area contributed by atoms with Gasteiger partial charge < -0.3 is 10.3 Å². The average Bonchev–Trinajstić information content (AvgIpc) is 2.65. The standard InChI is InChI=1S/C13H19N3S/c1-10(14)8-11-9-16(6-7-17-2)13-12(11)4-3-5-15-13/h3-5,9-10H,6-8,14H2,1-2H3. The van der Waals surface area contributed by atoms with Crippen molar-refractivity contribution in [2.75, 3.05) is 12.0 Å². The first-order valence-corrected chi connectivity index (χ1v) is 7.29.